The van der Waals surface area contributed by atoms with Crippen molar-refractivity contribution < 1.29 is 0 Å². The first-order chi connectivity index (χ1) is 11.5. The quantitative estimate of drug-likeness (QED) is 0.617. The molecule has 24 heavy (non-hydrogen) atoms. The van der Waals surface area contributed by atoms with Crippen molar-refractivity contribution in [2.24, 2.45) is 0 Å². The van der Waals surface area contributed by atoms with E-state index in [0.29, 0.717) is 5.82 Å². The maximum absolute atomic E-state index is 4.09. The average molecular weight is 320 g/mol. The molecule has 0 aliphatic carbocycles. The Morgan fingerprint density at radius 3 is 2.46 bits per heavy atom. The van der Waals surface area contributed by atoms with E-state index < -0.39 is 0 Å². The molecule has 124 valence electrons. The lowest BCUT2D eigenvalue weighted by Crippen LogP contribution is -2.09. The standard InChI is InChI=1S/C20H24N4/c1-6-7-8-9-16(4)20-19(13-21-24-20)23-17(5)22-18-11-14(2)10-15(3)12-18/h6-13,22-23H,4-5H2,1-3H3,(H,21,24)/b7-6-,9-8-. The van der Waals surface area contributed by atoms with Gasteiger partial charge in [0.05, 0.1) is 17.6 Å². The number of H-pyrrole nitrogens is 1. The number of hydrogen-bond donors (Lipinski definition) is 3. The normalized spacial score (nSPS) is 11.1. The van der Waals surface area contributed by atoms with Crippen molar-refractivity contribution in [1.82, 2.24) is 10.2 Å². The Bertz CT molecular complexity index is 773. The van der Waals surface area contributed by atoms with Crippen LogP contribution in [0.2, 0.25) is 0 Å². The minimum absolute atomic E-state index is 0.674. The fraction of sp³-hybridized carbons (Fsp3) is 0.150. The molecule has 1 aromatic carbocycles. The Balaban J connectivity index is 2.07. The fourth-order valence-electron chi connectivity index (χ4n) is 2.41. The second-order valence-corrected chi connectivity index (χ2v) is 5.67. The van der Waals surface area contributed by atoms with Crippen LogP contribution < -0.4 is 10.6 Å². The number of hydrogen-bond acceptors (Lipinski definition) is 3. The van der Waals surface area contributed by atoms with E-state index >= 15 is 0 Å². The highest BCUT2D eigenvalue weighted by molar-refractivity contribution is 5.79. The lowest BCUT2D eigenvalue weighted by Gasteiger charge is -2.13. The van der Waals surface area contributed by atoms with E-state index in [-0.39, 0.29) is 0 Å². The Hall–Kier alpha value is -3.01. The maximum atomic E-state index is 4.09. The van der Waals surface area contributed by atoms with E-state index in [2.05, 4.69) is 66.0 Å². The van der Waals surface area contributed by atoms with E-state index in [4.69, 9.17) is 0 Å². The highest BCUT2D eigenvalue weighted by Crippen LogP contribution is 2.23. The number of nitrogens with zero attached hydrogens (tertiary/aromatic N) is 1. The van der Waals surface area contributed by atoms with Gasteiger partial charge in [-0.1, -0.05) is 43.5 Å². The molecule has 0 radical (unpaired) electrons. The summed E-state index contributed by atoms with van der Waals surface area (Å²) >= 11 is 0. The zero-order valence-electron chi connectivity index (χ0n) is 14.5. The van der Waals surface area contributed by atoms with Gasteiger partial charge in [-0.05, 0) is 49.6 Å². The molecule has 0 aliphatic heterocycles. The number of nitrogens with one attached hydrogen (secondary N) is 3. The number of aromatic amines is 1. The molecule has 0 amide bonds. The molecule has 0 spiro atoms. The Morgan fingerprint density at radius 1 is 1.08 bits per heavy atom. The van der Waals surface area contributed by atoms with Gasteiger partial charge in [-0.2, -0.15) is 5.10 Å². The minimum Gasteiger partial charge on any atom is -0.342 e. The van der Waals surface area contributed by atoms with Gasteiger partial charge < -0.3 is 10.6 Å². The van der Waals surface area contributed by atoms with Gasteiger partial charge in [0.1, 0.15) is 5.82 Å². The molecule has 4 heteroatoms. The summed E-state index contributed by atoms with van der Waals surface area (Å²) in [5.74, 6) is 0.674. The molecule has 0 unspecified atom stereocenters. The Morgan fingerprint density at radius 2 is 1.79 bits per heavy atom. The predicted octanol–water partition coefficient (Wildman–Crippen LogP) is 5.17. The SMILES string of the molecule is C=C(Nc1cc(C)cc(C)c1)Nc1cn[nH]c1C(=C)/C=C\C=C/C. The number of benzene rings is 1. The molecule has 1 aromatic heterocycles. The number of aromatic nitrogens is 2. The van der Waals surface area contributed by atoms with Crippen LogP contribution >= 0.6 is 0 Å². The van der Waals surface area contributed by atoms with Crippen molar-refractivity contribution in [1.29, 1.82) is 0 Å². The third kappa shape index (κ3) is 4.74. The third-order valence-electron chi connectivity index (χ3n) is 3.36. The first-order valence-corrected chi connectivity index (χ1v) is 7.83. The number of rotatable bonds is 7. The van der Waals surface area contributed by atoms with Gasteiger partial charge >= 0.3 is 0 Å². The van der Waals surface area contributed by atoms with Gasteiger partial charge in [0.25, 0.3) is 0 Å². The second-order valence-electron chi connectivity index (χ2n) is 5.67. The summed E-state index contributed by atoms with van der Waals surface area (Å²) in [6.45, 7) is 14.2. The fourth-order valence-corrected chi connectivity index (χ4v) is 2.41. The van der Waals surface area contributed by atoms with Crippen LogP contribution in [0.5, 0.6) is 0 Å². The lowest BCUT2D eigenvalue weighted by atomic mass is 10.1. The van der Waals surface area contributed by atoms with Crippen LogP contribution in [0.25, 0.3) is 5.57 Å². The summed E-state index contributed by atoms with van der Waals surface area (Å²) in [5.41, 5.74) is 5.91. The summed E-state index contributed by atoms with van der Waals surface area (Å²) in [6, 6.07) is 6.29. The van der Waals surface area contributed by atoms with Crippen LogP contribution in [0.1, 0.15) is 23.7 Å². The summed E-state index contributed by atoms with van der Waals surface area (Å²) in [4.78, 5) is 0. The smallest absolute Gasteiger partial charge is 0.100 e. The molecular weight excluding hydrogens is 296 g/mol. The van der Waals surface area contributed by atoms with Crippen molar-refractivity contribution in [2.75, 3.05) is 10.6 Å². The molecule has 2 aromatic rings. The van der Waals surface area contributed by atoms with Gasteiger partial charge in [-0.25, -0.2) is 0 Å². The molecular formula is C20H24N4. The molecule has 1 heterocycles. The maximum Gasteiger partial charge on any atom is 0.100 e. The van der Waals surface area contributed by atoms with Crippen LogP contribution in [-0.2, 0) is 0 Å². The molecule has 0 saturated heterocycles. The highest BCUT2D eigenvalue weighted by Gasteiger charge is 2.08. The Labute approximate surface area is 143 Å². The van der Waals surface area contributed by atoms with Gasteiger partial charge in [0.2, 0.25) is 0 Å². The van der Waals surface area contributed by atoms with Crippen LogP contribution in [-0.4, -0.2) is 10.2 Å². The first kappa shape index (κ1) is 17.3. The molecule has 0 atom stereocenters. The van der Waals surface area contributed by atoms with E-state index in [1.165, 1.54) is 11.1 Å². The van der Waals surface area contributed by atoms with Crippen molar-refractivity contribution >= 4 is 16.9 Å². The predicted molar refractivity (Wildman–Crippen MR) is 104 cm³/mol. The zero-order valence-corrected chi connectivity index (χ0v) is 14.5. The summed E-state index contributed by atoms with van der Waals surface area (Å²) in [5, 5.41) is 13.6. The lowest BCUT2D eigenvalue weighted by molar-refractivity contribution is 1.08. The second kappa shape index (κ2) is 8.02. The molecule has 4 nitrogen and oxygen atoms in total. The topological polar surface area (TPSA) is 52.7 Å². The first-order valence-electron chi connectivity index (χ1n) is 7.83. The van der Waals surface area contributed by atoms with E-state index in [1.807, 2.05) is 31.2 Å². The van der Waals surface area contributed by atoms with Crippen LogP contribution in [0.15, 0.2) is 67.7 Å². The molecule has 0 saturated carbocycles. The molecule has 0 bridgehead atoms. The zero-order chi connectivity index (χ0) is 17.5. The number of anilines is 2. The van der Waals surface area contributed by atoms with Crippen molar-refractivity contribution in [3.05, 3.63) is 84.5 Å². The van der Waals surface area contributed by atoms with Gasteiger partial charge in [-0.15, -0.1) is 0 Å². The van der Waals surface area contributed by atoms with Gasteiger partial charge in [0, 0.05) is 5.69 Å². The van der Waals surface area contributed by atoms with Crippen molar-refractivity contribution in [2.45, 2.75) is 20.8 Å². The number of allylic oxidation sites excluding steroid dienone is 5. The monoisotopic (exact) mass is 320 g/mol. The van der Waals surface area contributed by atoms with Crippen LogP contribution in [0, 0.1) is 13.8 Å². The third-order valence-corrected chi connectivity index (χ3v) is 3.36. The van der Waals surface area contributed by atoms with E-state index in [0.717, 1.165) is 22.6 Å². The van der Waals surface area contributed by atoms with Crippen LogP contribution in [0.4, 0.5) is 11.4 Å². The highest BCUT2D eigenvalue weighted by atomic mass is 15.2. The molecule has 3 N–H and O–H groups in total. The summed E-state index contributed by atoms with van der Waals surface area (Å²) in [7, 11) is 0. The molecule has 2 rings (SSSR count). The van der Waals surface area contributed by atoms with E-state index in [1.54, 1.807) is 6.20 Å². The van der Waals surface area contributed by atoms with Gasteiger partial charge in [0.15, 0.2) is 0 Å². The van der Waals surface area contributed by atoms with Crippen LogP contribution in [0.3, 0.4) is 0 Å². The Kier molecular flexibility index (Phi) is 5.79. The molecule has 0 fully saturated rings. The summed E-state index contributed by atoms with van der Waals surface area (Å²) in [6.07, 6.45) is 9.51. The van der Waals surface area contributed by atoms with Crippen molar-refractivity contribution in [3.63, 3.8) is 0 Å². The molecule has 0 aliphatic rings. The largest absolute Gasteiger partial charge is 0.342 e. The van der Waals surface area contributed by atoms with Crippen molar-refractivity contribution in [3.8, 4) is 0 Å². The number of aryl methyl sites for hydroxylation is 2. The van der Waals surface area contributed by atoms with E-state index in [9.17, 15) is 0 Å². The average Bonchev–Trinajstić information content (AvgIpc) is 2.94. The van der Waals surface area contributed by atoms with Gasteiger partial charge in [-0.3, -0.25) is 5.10 Å². The minimum atomic E-state index is 0.674. The summed E-state index contributed by atoms with van der Waals surface area (Å²) < 4.78 is 0.